The van der Waals surface area contributed by atoms with Crippen LogP contribution in [0.15, 0.2) is 48.7 Å². The van der Waals surface area contributed by atoms with Crippen LogP contribution in [0.25, 0.3) is 10.9 Å². The predicted octanol–water partition coefficient (Wildman–Crippen LogP) is 3.52. The summed E-state index contributed by atoms with van der Waals surface area (Å²) in [6, 6.07) is 12.8. The highest BCUT2D eigenvalue weighted by molar-refractivity contribution is 6.35. The molecule has 1 amide bonds. The molecule has 124 valence electrons. The van der Waals surface area contributed by atoms with Crippen molar-refractivity contribution in [3.05, 3.63) is 59.2 Å². The summed E-state index contributed by atoms with van der Waals surface area (Å²) in [5, 5.41) is 8.91. The number of hydrogen-bond donors (Lipinski definition) is 1. The third-order valence-electron chi connectivity index (χ3n) is 3.82. The number of benzene rings is 2. The molecule has 0 aliphatic heterocycles. The van der Waals surface area contributed by atoms with Gasteiger partial charge in [-0.2, -0.15) is 5.10 Å². The summed E-state index contributed by atoms with van der Waals surface area (Å²) in [6.45, 7) is 1.29. The Morgan fingerprint density at radius 2 is 2.04 bits per heavy atom. The molecule has 0 saturated heterocycles. The van der Waals surface area contributed by atoms with Crippen molar-refractivity contribution in [3.8, 4) is 5.75 Å². The Labute approximate surface area is 145 Å². The molecule has 24 heavy (non-hydrogen) atoms. The van der Waals surface area contributed by atoms with Crippen molar-refractivity contribution in [2.24, 2.45) is 0 Å². The number of fused-ring (bicyclic) bond motifs is 1. The largest absolute Gasteiger partial charge is 0.497 e. The van der Waals surface area contributed by atoms with Crippen molar-refractivity contribution < 1.29 is 9.53 Å². The molecule has 3 rings (SSSR count). The minimum Gasteiger partial charge on any atom is -0.497 e. The minimum atomic E-state index is -0.0916. The van der Waals surface area contributed by atoms with Gasteiger partial charge in [-0.15, -0.1) is 0 Å². The van der Waals surface area contributed by atoms with Gasteiger partial charge >= 0.3 is 0 Å². The minimum absolute atomic E-state index is 0.0916. The predicted molar refractivity (Wildman–Crippen MR) is 94.7 cm³/mol. The van der Waals surface area contributed by atoms with Crippen LogP contribution in [-0.2, 0) is 6.54 Å². The van der Waals surface area contributed by atoms with Crippen LogP contribution in [0.3, 0.4) is 0 Å². The maximum atomic E-state index is 12.1. The third kappa shape index (κ3) is 3.51. The van der Waals surface area contributed by atoms with E-state index in [-0.39, 0.29) is 5.91 Å². The first-order chi connectivity index (χ1) is 11.7. The van der Waals surface area contributed by atoms with Gasteiger partial charge in [0.2, 0.25) is 0 Å². The van der Waals surface area contributed by atoms with Gasteiger partial charge in [-0.05, 0) is 42.8 Å². The van der Waals surface area contributed by atoms with Crippen LogP contribution < -0.4 is 10.1 Å². The maximum absolute atomic E-state index is 12.1. The standard InChI is InChI=1S/C18H18ClN3O2/c1-24-14-8-6-13(7-9-14)18(23)20-10-3-11-22-17-5-2-4-16(19)15(17)12-21-22/h2,4-9,12H,3,10-11H2,1H3,(H,20,23). The second-order valence-electron chi connectivity index (χ2n) is 5.38. The molecule has 0 radical (unpaired) electrons. The van der Waals surface area contributed by atoms with E-state index in [4.69, 9.17) is 16.3 Å². The summed E-state index contributed by atoms with van der Waals surface area (Å²) >= 11 is 6.14. The molecule has 5 nitrogen and oxygen atoms in total. The molecule has 2 aromatic carbocycles. The number of nitrogens with zero attached hydrogens (tertiary/aromatic N) is 2. The number of ether oxygens (including phenoxy) is 1. The Morgan fingerprint density at radius 1 is 1.25 bits per heavy atom. The van der Waals surface area contributed by atoms with E-state index < -0.39 is 0 Å². The lowest BCUT2D eigenvalue weighted by molar-refractivity contribution is 0.0952. The van der Waals surface area contributed by atoms with Gasteiger partial charge in [0.05, 0.1) is 23.8 Å². The molecule has 0 aliphatic rings. The van der Waals surface area contributed by atoms with Crippen molar-refractivity contribution in [2.45, 2.75) is 13.0 Å². The Kier molecular flexibility index (Phi) is 5.01. The fourth-order valence-corrected chi connectivity index (χ4v) is 2.74. The zero-order valence-corrected chi connectivity index (χ0v) is 14.1. The summed E-state index contributed by atoms with van der Waals surface area (Å²) in [5.41, 5.74) is 1.62. The Morgan fingerprint density at radius 3 is 2.79 bits per heavy atom. The molecule has 0 saturated carbocycles. The second-order valence-corrected chi connectivity index (χ2v) is 5.79. The number of halogens is 1. The van der Waals surface area contributed by atoms with E-state index in [0.29, 0.717) is 23.7 Å². The molecule has 0 spiro atoms. The van der Waals surface area contributed by atoms with Gasteiger partial charge in [-0.25, -0.2) is 0 Å². The maximum Gasteiger partial charge on any atom is 0.251 e. The molecule has 3 aromatic rings. The number of aryl methyl sites for hydroxylation is 1. The number of nitrogens with one attached hydrogen (secondary N) is 1. The summed E-state index contributed by atoms with van der Waals surface area (Å²) < 4.78 is 6.99. The molecule has 6 heteroatoms. The van der Waals surface area contributed by atoms with Crippen molar-refractivity contribution >= 4 is 28.4 Å². The lowest BCUT2D eigenvalue weighted by Crippen LogP contribution is -2.25. The van der Waals surface area contributed by atoms with E-state index in [9.17, 15) is 4.79 Å². The zero-order valence-electron chi connectivity index (χ0n) is 13.3. The lowest BCUT2D eigenvalue weighted by atomic mass is 10.2. The first kappa shape index (κ1) is 16.3. The fourth-order valence-electron chi connectivity index (χ4n) is 2.52. The number of hydrogen-bond acceptors (Lipinski definition) is 3. The van der Waals surface area contributed by atoms with Crippen LogP contribution in [-0.4, -0.2) is 29.3 Å². The first-order valence-corrected chi connectivity index (χ1v) is 8.09. The fraction of sp³-hybridized carbons (Fsp3) is 0.222. The van der Waals surface area contributed by atoms with Gasteiger partial charge < -0.3 is 10.1 Å². The molecule has 0 unspecified atom stereocenters. The first-order valence-electron chi connectivity index (χ1n) is 7.71. The molecule has 1 N–H and O–H groups in total. The highest BCUT2D eigenvalue weighted by atomic mass is 35.5. The summed E-state index contributed by atoms with van der Waals surface area (Å²) in [5.74, 6) is 0.641. The van der Waals surface area contributed by atoms with E-state index in [1.807, 2.05) is 22.9 Å². The van der Waals surface area contributed by atoms with Crippen molar-refractivity contribution in [1.82, 2.24) is 15.1 Å². The van der Waals surface area contributed by atoms with Crippen molar-refractivity contribution in [3.63, 3.8) is 0 Å². The van der Waals surface area contributed by atoms with Gasteiger partial charge in [0, 0.05) is 24.0 Å². The average Bonchev–Trinajstić information content (AvgIpc) is 3.03. The zero-order chi connectivity index (χ0) is 16.9. The van der Waals surface area contributed by atoms with Gasteiger partial charge in [-0.3, -0.25) is 9.48 Å². The molecule has 1 aromatic heterocycles. The number of aromatic nitrogens is 2. The molecule has 0 bridgehead atoms. The van der Waals surface area contributed by atoms with Crippen molar-refractivity contribution in [1.29, 1.82) is 0 Å². The smallest absolute Gasteiger partial charge is 0.251 e. The summed E-state index contributed by atoms with van der Waals surface area (Å²) in [4.78, 5) is 12.1. The lowest BCUT2D eigenvalue weighted by Gasteiger charge is -2.07. The van der Waals surface area contributed by atoms with Gasteiger partial charge in [-0.1, -0.05) is 17.7 Å². The normalized spacial score (nSPS) is 10.8. The van der Waals surface area contributed by atoms with E-state index in [1.165, 1.54) is 0 Å². The molecule has 0 aliphatic carbocycles. The van der Waals surface area contributed by atoms with Gasteiger partial charge in [0.1, 0.15) is 5.75 Å². The molecule has 0 atom stereocenters. The number of carbonyl (C=O) groups excluding carboxylic acids is 1. The van der Waals surface area contributed by atoms with Crippen LogP contribution in [0.5, 0.6) is 5.75 Å². The Bertz CT molecular complexity index is 843. The van der Waals surface area contributed by atoms with Gasteiger partial charge in [0.15, 0.2) is 0 Å². The molecular weight excluding hydrogens is 326 g/mol. The van der Waals surface area contributed by atoms with E-state index in [0.717, 1.165) is 23.1 Å². The number of carbonyl (C=O) groups is 1. The Balaban J connectivity index is 1.52. The number of methoxy groups -OCH3 is 1. The molecular formula is C18H18ClN3O2. The average molecular weight is 344 g/mol. The van der Waals surface area contributed by atoms with Crippen molar-refractivity contribution in [2.75, 3.05) is 13.7 Å². The van der Waals surface area contributed by atoms with Crippen LogP contribution in [0.4, 0.5) is 0 Å². The van der Waals surface area contributed by atoms with Crippen LogP contribution in [0.2, 0.25) is 5.02 Å². The van der Waals surface area contributed by atoms with E-state index in [1.54, 1.807) is 37.6 Å². The highest BCUT2D eigenvalue weighted by Gasteiger charge is 2.07. The second kappa shape index (κ2) is 7.36. The highest BCUT2D eigenvalue weighted by Crippen LogP contribution is 2.22. The van der Waals surface area contributed by atoms with Crippen LogP contribution in [0.1, 0.15) is 16.8 Å². The van der Waals surface area contributed by atoms with E-state index >= 15 is 0 Å². The Hall–Kier alpha value is -2.53. The monoisotopic (exact) mass is 343 g/mol. The molecule has 1 heterocycles. The van der Waals surface area contributed by atoms with Crippen LogP contribution >= 0.6 is 11.6 Å². The topological polar surface area (TPSA) is 56.1 Å². The number of rotatable bonds is 6. The van der Waals surface area contributed by atoms with Gasteiger partial charge in [0.25, 0.3) is 5.91 Å². The number of amides is 1. The quantitative estimate of drug-likeness (QED) is 0.697. The van der Waals surface area contributed by atoms with Crippen LogP contribution in [0, 0.1) is 0 Å². The summed E-state index contributed by atoms with van der Waals surface area (Å²) in [6.07, 6.45) is 2.55. The molecule has 0 fully saturated rings. The summed E-state index contributed by atoms with van der Waals surface area (Å²) in [7, 11) is 1.60. The van der Waals surface area contributed by atoms with E-state index in [2.05, 4.69) is 10.4 Å². The SMILES string of the molecule is COc1ccc(C(=O)NCCCn2ncc3c(Cl)cccc32)cc1. The third-order valence-corrected chi connectivity index (χ3v) is 4.15.